The van der Waals surface area contributed by atoms with E-state index < -0.39 is 0 Å². The molecule has 1 aromatic rings. The first-order chi connectivity index (χ1) is 6.75. The molecule has 0 aliphatic carbocycles. The van der Waals surface area contributed by atoms with Crippen molar-refractivity contribution in [2.24, 2.45) is 15.3 Å². The number of hydrogen-bond donors (Lipinski definition) is 1. The summed E-state index contributed by atoms with van der Waals surface area (Å²) in [6, 6.07) is 7.32. The molecule has 0 spiro atoms. The quantitative estimate of drug-likeness (QED) is 0.757. The van der Waals surface area contributed by atoms with E-state index in [1.807, 2.05) is 19.1 Å². The van der Waals surface area contributed by atoms with E-state index in [4.69, 9.17) is 11.6 Å². The zero-order valence-electron chi connectivity index (χ0n) is 7.61. The lowest BCUT2D eigenvalue weighted by molar-refractivity contribution is 0.558. The lowest BCUT2D eigenvalue weighted by atomic mass is 10.2. The summed E-state index contributed by atoms with van der Waals surface area (Å²) in [4.78, 5) is 0. The van der Waals surface area contributed by atoms with Crippen molar-refractivity contribution in [1.29, 1.82) is 0 Å². The third-order valence-corrected chi connectivity index (χ3v) is 2.04. The minimum absolute atomic E-state index is 0.0500. The van der Waals surface area contributed by atoms with Crippen LogP contribution in [0.5, 0.6) is 0 Å². The molecule has 72 valence electrons. The number of hydrazone groups is 1. The lowest BCUT2D eigenvalue weighted by Gasteiger charge is -2.10. The van der Waals surface area contributed by atoms with Crippen molar-refractivity contribution >= 4 is 17.4 Å². The van der Waals surface area contributed by atoms with Crippen molar-refractivity contribution in [1.82, 2.24) is 5.43 Å². The van der Waals surface area contributed by atoms with E-state index >= 15 is 0 Å². The number of halogens is 1. The van der Waals surface area contributed by atoms with Crippen molar-refractivity contribution in [3.8, 4) is 0 Å². The van der Waals surface area contributed by atoms with Crippen LogP contribution in [0.25, 0.3) is 0 Å². The maximum Gasteiger partial charge on any atom is 0.200 e. The van der Waals surface area contributed by atoms with E-state index in [-0.39, 0.29) is 6.17 Å². The van der Waals surface area contributed by atoms with Gasteiger partial charge in [0.2, 0.25) is 0 Å². The first-order valence-corrected chi connectivity index (χ1v) is 4.63. The Labute approximate surface area is 86.7 Å². The van der Waals surface area contributed by atoms with Gasteiger partial charge in [-0.05, 0) is 31.2 Å². The Bertz CT molecular complexity index is 382. The summed E-state index contributed by atoms with van der Waals surface area (Å²) in [7, 11) is 0. The Morgan fingerprint density at radius 1 is 1.29 bits per heavy atom. The normalized spacial score (nSPS) is 20.1. The van der Waals surface area contributed by atoms with Gasteiger partial charge in [-0.15, -0.1) is 5.11 Å². The smallest absolute Gasteiger partial charge is 0.200 e. The van der Waals surface area contributed by atoms with Crippen LogP contribution in [0.4, 0.5) is 0 Å². The molecule has 0 radical (unpaired) electrons. The van der Waals surface area contributed by atoms with Gasteiger partial charge >= 0.3 is 0 Å². The van der Waals surface area contributed by atoms with Crippen LogP contribution in [-0.4, -0.2) is 12.0 Å². The Balaban J connectivity index is 2.24. The minimum Gasteiger partial charge on any atom is -0.282 e. The monoisotopic (exact) mass is 208 g/mol. The molecule has 0 aromatic heterocycles. The predicted molar refractivity (Wildman–Crippen MR) is 55.4 cm³/mol. The molecule has 1 heterocycles. The van der Waals surface area contributed by atoms with E-state index in [0.717, 1.165) is 5.56 Å². The molecule has 5 heteroatoms. The SMILES string of the molecule is CC1N=NC(c2ccc(Cl)cc2)=NN1. The van der Waals surface area contributed by atoms with E-state index in [2.05, 4.69) is 20.8 Å². The highest BCUT2D eigenvalue weighted by atomic mass is 35.5. The molecule has 0 bridgehead atoms. The zero-order valence-corrected chi connectivity index (χ0v) is 8.36. The number of nitrogens with zero attached hydrogens (tertiary/aromatic N) is 3. The van der Waals surface area contributed by atoms with E-state index in [9.17, 15) is 0 Å². The Kier molecular flexibility index (Phi) is 2.45. The molecule has 2 rings (SSSR count). The number of benzene rings is 1. The summed E-state index contributed by atoms with van der Waals surface area (Å²) in [6.07, 6.45) is -0.0500. The van der Waals surface area contributed by atoms with E-state index in [0.29, 0.717) is 10.9 Å². The second-order valence-corrected chi connectivity index (χ2v) is 3.40. The number of amidine groups is 1. The molecule has 0 saturated carbocycles. The van der Waals surface area contributed by atoms with Crippen LogP contribution in [0.15, 0.2) is 39.6 Å². The molecule has 0 amide bonds. The van der Waals surface area contributed by atoms with Gasteiger partial charge in [0.1, 0.15) is 0 Å². The molecule has 1 unspecified atom stereocenters. The van der Waals surface area contributed by atoms with Crippen molar-refractivity contribution in [3.63, 3.8) is 0 Å². The minimum atomic E-state index is -0.0500. The average Bonchev–Trinajstić information content (AvgIpc) is 2.21. The lowest BCUT2D eigenvalue weighted by Crippen LogP contribution is -2.23. The van der Waals surface area contributed by atoms with Gasteiger partial charge in [-0.25, -0.2) is 0 Å². The first kappa shape index (κ1) is 9.15. The van der Waals surface area contributed by atoms with Crippen molar-refractivity contribution in [2.45, 2.75) is 13.1 Å². The van der Waals surface area contributed by atoms with E-state index in [1.165, 1.54) is 0 Å². The van der Waals surface area contributed by atoms with Crippen LogP contribution in [0.3, 0.4) is 0 Å². The Morgan fingerprint density at radius 2 is 2.00 bits per heavy atom. The first-order valence-electron chi connectivity index (χ1n) is 4.26. The molecule has 4 nitrogen and oxygen atoms in total. The topological polar surface area (TPSA) is 49.1 Å². The summed E-state index contributed by atoms with van der Waals surface area (Å²) < 4.78 is 0. The molecule has 1 aliphatic rings. The molecule has 1 atom stereocenters. The van der Waals surface area contributed by atoms with Crippen LogP contribution in [0.1, 0.15) is 12.5 Å². The Hall–Kier alpha value is -1.42. The average molecular weight is 209 g/mol. The van der Waals surface area contributed by atoms with Crippen molar-refractivity contribution in [3.05, 3.63) is 34.9 Å². The van der Waals surface area contributed by atoms with E-state index in [1.54, 1.807) is 12.1 Å². The fourth-order valence-corrected chi connectivity index (χ4v) is 1.19. The standard InChI is InChI=1S/C9H9ClN4/c1-6-11-13-9(14-12-6)7-2-4-8(10)5-3-7/h2-6,11H,1H3. The highest BCUT2D eigenvalue weighted by Crippen LogP contribution is 2.12. The molecule has 14 heavy (non-hydrogen) atoms. The number of rotatable bonds is 1. The molecule has 0 fully saturated rings. The summed E-state index contributed by atoms with van der Waals surface area (Å²) in [5.74, 6) is 0.583. The van der Waals surface area contributed by atoms with Gasteiger partial charge in [0.15, 0.2) is 12.0 Å². The molecular formula is C9H9ClN4. The summed E-state index contributed by atoms with van der Waals surface area (Å²) in [5, 5.41) is 12.7. The van der Waals surface area contributed by atoms with Gasteiger partial charge in [0, 0.05) is 10.6 Å². The van der Waals surface area contributed by atoms with Gasteiger partial charge in [-0.2, -0.15) is 10.2 Å². The summed E-state index contributed by atoms with van der Waals surface area (Å²) >= 11 is 5.76. The van der Waals surface area contributed by atoms with Crippen molar-refractivity contribution < 1.29 is 0 Å². The Morgan fingerprint density at radius 3 is 2.57 bits per heavy atom. The van der Waals surface area contributed by atoms with Crippen LogP contribution in [0, 0.1) is 0 Å². The number of azo groups is 1. The van der Waals surface area contributed by atoms with Crippen LogP contribution < -0.4 is 5.43 Å². The van der Waals surface area contributed by atoms with Crippen LogP contribution in [-0.2, 0) is 0 Å². The summed E-state index contributed by atoms with van der Waals surface area (Å²) in [6.45, 7) is 1.88. The molecule has 1 aliphatic heterocycles. The third kappa shape index (κ3) is 1.90. The third-order valence-electron chi connectivity index (χ3n) is 1.79. The molecule has 1 N–H and O–H groups in total. The maximum atomic E-state index is 5.76. The van der Waals surface area contributed by atoms with Gasteiger partial charge in [-0.3, -0.25) is 5.43 Å². The molecule has 1 aromatic carbocycles. The number of hydrogen-bond acceptors (Lipinski definition) is 4. The maximum absolute atomic E-state index is 5.76. The summed E-state index contributed by atoms with van der Waals surface area (Å²) in [5.41, 5.74) is 3.74. The highest BCUT2D eigenvalue weighted by Gasteiger charge is 2.08. The fourth-order valence-electron chi connectivity index (χ4n) is 1.07. The second-order valence-electron chi connectivity index (χ2n) is 2.96. The van der Waals surface area contributed by atoms with Crippen LogP contribution in [0.2, 0.25) is 5.02 Å². The van der Waals surface area contributed by atoms with Crippen molar-refractivity contribution in [2.75, 3.05) is 0 Å². The number of nitrogens with one attached hydrogen (secondary N) is 1. The van der Waals surface area contributed by atoms with Gasteiger partial charge in [-0.1, -0.05) is 11.6 Å². The van der Waals surface area contributed by atoms with Gasteiger partial charge in [0.25, 0.3) is 0 Å². The largest absolute Gasteiger partial charge is 0.282 e. The fraction of sp³-hybridized carbons (Fsp3) is 0.222. The van der Waals surface area contributed by atoms with Gasteiger partial charge in [0.05, 0.1) is 0 Å². The second kappa shape index (κ2) is 3.75. The predicted octanol–water partition coefficient (Wildman–Crippen LogP) is 2.40. The van der Waals surface area contributed by atoms with Gasteiger partial charge < -0.3 is 0 Å². The molecule has 0 saturated heterocycles. The van der Waals surface area contributed by atoms with Crippen LogP contribution >= 0.6 is 11.6 Å². The molecular weight excluding hydrogens is 200 g/mol. The zero-order chi connectivity index (χ0) is 9.97. The highest BCUT2D eigenvalue weighted by molar-refractivity contribution is 6.30.